The summed E-state index contributed by atoms with van der Waals surface area (Å²) in [5.74, 6) is 1.11. The first-order chi connectivity index (χ1) is 4.83. The molecule has 0 aliphatic heterocycles. The summed E-state index contributed by atoms with van der Waals surface area (Å²) in [7, 11) is 0. The summed E-state index contributed by atoms with van der Waals surface area (Å²) in [5, 5.41) is 0.806. The highest BCUT2D eigenvalue weighted by molar-refractivity contribution is 7.99. The van der Waals surface area contributed by atoms with Gasteiger partial charge in [-0.2, -0.15) is 0 Å². The lowest BCUT2D eigenvalue weighted by molar-refractivity contribution is 1.43. The summed E-state index contributed by atoms with van der Waals surface area (Å²) < 4.78 is 0. The first kappa shape index (κ1) is 7.96. The van der Waals surface area contributed by atoms with Gasteiger partial charge in [0.25, 0.3) is 0 Å². The third-order valence-corrected chi connectivity index (χ3v) is 2.27. The minimum atomic E-state index is 0.806. The molecule has 0 N–H and O–H groups in total. The lowest BCUT2D eigenvalue weighted by Crippen LogP contribution is -1.70. The first-order valence-corrected chi connectivity index (χ1v) is 4.57. The molecule has 0 fully saturated rings. The van der Waals surface area contributed by atoms with Crippen LogP contribution in [0.1, 0.15) is 6.92 Å². The molecule has 10 heavy (non-hydrogen) atoms. The molecule has 1 aromatic carbocycles. The topological polar surface area (TPSA) is 0 Å². The number of benzene rings is 1. The van der Waals surface area contributed by atoms with Crippen molar-refractivity contribution in [2.24, 2.45) is 0 Å². The maximum absolute atomic E-state index is 5.70. The largest absolute Gasteiger partial charge is 0.126 e. The summed E-state index contributed by atoms with van der Waals surface area (Å²) in [4.78, 5) is 1.28. The normalized spacial score (nSPS) is 9.80. The SMILES string of the molecule is CCSc1ccc(Cl)cc1. The molecule has 0 atom stereocenters. The van der Waals surface area contributed by atoms with E-state index in [0.717, 1.165) is 10.8 Å². The average molecular weight is 173 g/mol. The molecule has 0 aliphatic carbocycles. The van der Waals surface area contributed by atoms with E-state index in [9.17, 15) is 0 Å². The highest BCUT2D eigenvalue weighted by atomic mass is 35.5. The Kier molecular flexibility index (Phi) is 3.10. The van der Waals surface area contributed by atoms with Crippen LogP contribution in [0.15, 0.2) is 29.2 Å². The molecule has 0 bridgehead atoms. The van der Waals surface area contributed by atoms with E-state index in [-0.39, 0.29) is 0 Å². The Morgan fingerprint density at radius 1 is 1.30 bits per heavy atom. The highest BCUT2D eigenvalue weighted by Crippen LogP contribution is 2.19. The molecule has 2 heteroatoms. The minimum absolute atomic E-state index is 0.806. The summed E-state index contributed by atoms with van der Waals surface area (Å²) in [6, 6.07) is 7.91. The van der Waals surface area contributed by atoms with E-state index < -0.39 is 0 Å². The van der Waals surface area contributed by atoms with Gasteiger partial charge in [0.05, 0.1) is 0 Å². The van der Waals surface area contributed by atoms with Crippen molar-refractivity contribution in [2.75, 3.05) is 5.75 Å². The van der Waals surface area contributed by atoms with Crippen LogP contribution < -0.4 is 0 Å². The Morgan fingerprint density at radius 2 is 1.90 bits per heavy atom. The van der Waals surface area contributed by atoms with Crippen LogP contribution in [0.4, 0.5) is 0 Å². The van der Waals surface area contributed by atoms with Crippen LogP contribution in [0.2, 0.25) is 5.02 Å². The molecule has 0 heterocycles. The lowest BCUT2D eigenvalue weighted by Gasteiger charge is -1.95. The van der Waals surface area contributed by atoms with Gasteiger partial charge in [-0.15, -0.1) is 11.8 Å². The van der Waals surface area contributed by atoms with E-state index in [0.29, 0.717) is 0 Å². The monoisotopic (exact) mass is 172 g/mol. The minimum Gasteiger partial charge on any atom is -0.126 e. The van der Waals surface area contributed by atoms with E-state index in [1.54, 1.807) is 0 Å². The molecule has 0 amide bonds. The zero-order valence-electron chi connectivity index (χ0n) is 5.80. The average Bonchev–Trinajstić information content (AvgIpc) is 1.95. The summed E-state index contributed by atoms with van der Waals surface area (Å²) >= 11 is 7.53. The predicted octanol–water partition coefficient (Wildman–Crippen LogP) is 3.45. The smallest absolute Gasteiger partial charge is 0.0406 e. The molecule has 0 unspecified atom stereocenters. The fourth-order valence-electron chi connectivity index (χ4n) is 0.697. The van der Waals surface area contributed by atoms with Crippen molar-refractivity contribution in [3.8, 4) is 0 Å². The van der Waals surface area contributed by atoms with Crippen molar-refractivity contribution in [1.29, 1.82) is 0 Å². The van der Waals surface area contributed by atoms with E-state index >= 15 is 0 Å². The van der Waals surface area contributed by atoms with Crippen LogP contribution in [-0.2, 0) is 0 Å². The highest BCUT2D eigenvalue weighted by Gasteiger charge is 1.89. The third kappa shape index (κ3) is 2.24. The van der Waals surface area contributed by atoms with E-state index in [1.807, 2.05) is 36.0 Å². The molecule has 0 radical (unpaired) electrons. The van der Waals surface area contributed by atoms with Gasteiger partial charge in [-0.1, -0.05) is 18.5 Å². The molecule has 0 spiro atoms. The zero-order chi connectivity index (χ0) is 7.40. The van der Waals surface area contributed by atoms with Crippen molar-refractivity contribution in [2.45, 2.75) is 11.8 Å². The second-order valence-corrected chi connectivity index (χ2v) is 3.66. The predicted molar refractivity (Wildman–Crippen MR) is 47.9 cm³/mol. The molecule has 0 saturated carbocycles. The molecule has 1 rings (SSSR count). The molecule has 0 saturated heterocycles. The van der Waals surface area contributed by atoms with Gasteiger partial charge in [0.15, 0.2) is 0 Å². The lowest BCUT2D eigenvalue weighted by atomic mass is 10.4. The van der Waals surface area contributed by atoms with Gasteiger partial charge in [0, 0.05) is 9.92 Å². The summed E-state index contributed by atoms with van der Waals surface area (Å²) in [6.07, 6.45) is 0. The van der Waals surface area contributed by atoms with Gasteiger partial charge in [-0.3, -0.25) is 0 Å². The van der Waals surface area contributed by atoms with Crippen LogP contribution in [0.5, 0.6) is 0 Å². The second-order valence-electron chi connectivity index (χ2n) is 1.89. The van der Waals surface area contributed by atoms with Crippen LogP contribution in [0.25, 0.3) is 0 Å². The zero-order valence-corrected chi connectivity index (χ0v) is 7.38. The van der Waals surface area contributed by atoms with Crippen molar-refractivity contribution in [3.63, 3.8) is 0 Å². The van der Waals surface area contributed by atoms with Crippen LogP contribution in [-0.4, -0.2) is 5.75 Å². The molecule has 1 aromatic rings. The van der Waals surface area contributed by atoms with Crippen LogP contribution >= 0.6 is 23.4 Å². The van der Waals surface area contributed by atoms with Crippen molar-refractivity contribution < 1.29 is 0 Å². The van der Waals surface area contributed by atoms with E-state index in [1.165, 1.54) is 4.90 Å². The number of hydrogen-bond acceptors (Lipinski definition) is 1. The Bertz CT molecular complexity index is 193. The molecule has 54 valence electrons. The van der Waals surface area contributed by atoms with Crippen molar-refractivity contribution in [1.82, 2.24) is 0 Å². The van der Waals surface area contributed by atoms with Gasteiger partial charge in [-0.25, -0.2) is 0 Å². The van der Waals surface area contributed by atoms with Crippen LogP contribution in [0, 0.1) is 0 Å². The van der Waals surface area contributed by atoms with Gasteiger partial charge in [0.2, 0.25) is 0 Å². The third-order valence-electron chi connectivity index (χ3n) is 1.12. The quantitative estimate of drug-likeness (QED) is 0.616. The van der Waals surface area contributed by atoms with Gasteiger partial charge >= 0.3 is 0 Å². The molecule has 0 aromatic heterocycles. The number of halogens is 1. The van der Waals surface area contributed by atoms with Gasteiger partial charge in [0.1, 0.15) is 0 Å². The summed E-state index contributed by atoms with van der Waals surface area (Å²) in [6.45, 7) is 2.14. The van der Waals surface area contributed by atoms with Gasteiger partial charge in [-0.05, 0) is 30.0 Å². The van der Waals surface area contributed by atoms with E-state index in [2.05, 4.69) is 6.92 Å². The fourth-order valence-corrected chi connectivity index (χ4v) is 1.49. The van der Waals surface area contributed by atoms with Crippen molar-refractivity contribution >= 4 is 23.4 Å². The number of rotatable bonds is 2. The summed E-state index contributed by atoms with van der Waals surface area (Å²) in [5.41, 5.74) is 0. The Labute approximate surface area is 70.6 Å². The molecular weight excluding hydrogens is 164 g/mol. The second kappa shape index (κ2) is 3.89. The van der Waals surface area contributed by atoms with Crippen molar-refractivity contribution in [3.05, 3.63) is 29.3 Å². The number of hydrogen-bond donors (Lipinski definition) is 0. The van der Waals surface area contributed by atoms with Crippen LogP contribution in [0.3, 0.4) is 0 Å². The molecular formula is C8H9ClS. The van der Waals surface area contributed by atoms with E-state index in [4.69, 9.17) is 11.6 Å². The first-order valence-electron chi connectivity index (χ1n) is 3.21. The maximum Gasteiger partial charge on any atom is 0.0406 e. The Hall–Kier alpha value is -0.140. The number of thioether (sulfide) groups is 1. The molecule has 0 nitrogen and oxygen atoms in total. The molecule has 0 aliphatic rings. The Morgan fingerprint density at radius 3 is 2.40 bits per heavy atom. The Balaban J connectivity index is 2.69. The standard InChI is InChI=1S/C8H9ClS/c1-2-10-8-5-3-7(9)4-6-8/h3-6H,2H2,1H3. The van der Waals surface area contributed by atoms with Gasteiger partial charge < -0.3 is 0 Å². The maximum atomic E-state index is 5.70. The fraction of sp³-hybridized carbons (Fsp3) is 0.250.